The number of hydrogen-bond acceptors (Lipinski definition) is 15. The maximum absolute atomic E-state index is 14.6. The number of furan rings is 1. The van der Waals surface area contributed by atoms with Crippen molar-refractivity contribution in [1.29, 1.82) is 0 Å². The Kier molecular flexibility index (Phi) is 24.7. The largest absolute Gasteiger partial charge is 0.493 e. The molecule has 4 aromatic carbocycles. The molecule has 1 aromatic heterocycles. The monoisotopic (exact) mass is 1090 g/mol. The van der Waals surface area contributed by atoms with Gasteiger partial charge in [0.1, 0.15) is 35.3 Å². The topological polar surface area (TPSA) is 184 Å². The van der Waals surface area contributed by atoms with Crippen LogP contribution >= 0.6 is 0 Å². The Bertz CT molecular complexity index is 2620. The summed E-state index contributed by atoms with van der Waals surface area (Å²) in [7, 11) is 8.16. The van der Waals surface area contributed by atoms with Crippen LogP contribution in [-0.4, -0.2) is 148 Å². The highest BCUT2D eigenvalue weighted by Gasteiger charge is 2.45. The Balaban J connectivity index is 0.822. The van der Waals surface area contributed by atoms with E-state index in [1.165, 1.54) is 5.56 Å². The van der Waals surface area contributed by atoms with Gasteiger partial charge in [0.15, 0.2) is 18.1 Å². The number of ether oxygens (including phenoxy) is 10. The minimum absolute atomic E-state index is 0.0185. The number of methoxy groups -OCH3 is 5. The summed E-state index contributed by atoms with van der Waals surface area (Å²) in [5.74, 6) is 1.44. The number of carbonyl (C=O) groups excluding carboxylic acids is 3. The Morgan fingerprint density at radius 1 is 0.709 bits per heavy atom. The standard InChI is InChI=1S/C62H83N3O14/c1-7-51(48-39-57(71-4)60(73-6)58(40-48)72-5)61(67)65-27-12-11-18-52(65)62(68)79-53(23-20-44-21-24-54(69-2)56(35-44)70-3)46-16-13-17-49(37-46)77-42-59(66)64-26-29-75-31-33-76-32-30-74-28-25-63-41-45-19-22-47-38-50(78-55(47)36-45)34-43-14-9-8-10-15-43/h8-10,13-17,19,21-22,24,35-38,48,51-53,57-58,60,63H,7,11-12,18,20,23,25-34,39-42H2,1-6H3,(H,64,66)/t48?,51-,52-,53+,57?,58?,60?/m0/s1. The van der Waals surface area contributed by atoms with Gasteiger partial charge in [0.25, 0.3) is 5.91 Å². The zero-order valence-corrected chi connectivity index (χ0v) is 47.1. The summed E-state index contributed by atoms with van der Waals surface area (Å²) in [6.45, 7) is 6.55. The first-order valence-electron chi connectivity index (χ1n) is 27.9. The molecule has 2 fully saturated rings. The molecule has 17 nitrogen and oxygen atoms in total. The third-order valence-electron chi connectivity index (χ3n) is 15.0. The molecule has 430 valence electrons. The predicted molar refractivity (Wildman–Crippen MR) is 300 cm³/mol. The molecular weight excluding hydrogens is 1010 g/mol. The lowest BCUT2D eigenvalue weighted by Crippen LogP contribution is -2.54. The number of nitrogens with zero attached hydrogens (tertiary/aromatic N) is 1. The minimum atomic E-state index is -0.744. The summed E-state index contributed by atoms with van der Waals surface area (Å²) in [6.07, 6.45) is 4.31. The molecule has 5 aromatic rings. The fraction of sp³-hybridized carbons (Fsp3) is 0.532. The van der Waals surface area contributed by atoms with Crippen LogP contribution in [0.5, 0.6) is 17.2 Å². The summed E-state index contributed by atoms with van der Waals surface area (Å²) in [5.41, 5.74) is 4.92. The van der Waals surface area contributed by atoms with Gasteiger partial charge in [-0.15, -0.1) is 0 Å². The summed E-state index contributed by atoms with van der Waals surface area (Å²) in [6, 6.07) is 31.0. The molecule has 0 spiro atoms. The van der Waals surface area contributed by atoms with Gasteiger partial charge in [-0.2, -0.15) is 0 Å². The van der Waals surface area contributed by atoms with Crippen molar-refractivity contribution in [3.8, 4) is 17.2 Å². The highest BCUT2D eigenvalue weighted by molar-refractivity contribution is 5.86. The molecule has 0 bridgehead atoms. The molecule has 2 aliphatic rings. The Morgan fingerprint density at radius 2 is 1.43 bits per heavy atom. The van der Waals surface area contributed by atoms with Crippen molar-refractivity contribution in [2.75, 3.05) is 101 Å². The zero-order valence-electron chi connectivity index (χ0n) is 47.1. The molecule has 2 heterocycles. The normalized spacial score (nSPS) is 19.2. The Labute approximate surface area is 466 Å². The first kappa shape index (κ1) is 60.6. The van der Waals surface area contributed by atoms with Crippen LogP contribution < -0.4 is 24.8 Å². The number of likely N-dealkylation sites (tertiary alicyclic amines) is 1. The Morgan fingerprint density at radius 3 is 2.14 bits per heavy atom. The number of nitrogens with one attached hydrogen (secondary N) is 2. The highest BCUT2D eigenvalue weighted by atomic mass is 16.6. The van der Waals surface area contributed by atoms with Gasteiger partial charge in [-0.3, -0.25) is 9.59 Å². The highest BCUT2D eigenvalue weighted by Crippen LogP contribution is 2.39. The maximum Gasteiger partial charge on any atom is 0.329 e. The van der Waals surface area contributed by atoms with Crippen LogP contribution in [0.25, 0.3) is 11.0 Å². The van der Waals surface area contributed by atoms with Gasteiger partial charge in [0, 0.05) is 65.2 Å². The predicted octanol–water partition coefficient (Wildman–Crippen LogP) is 8.45. The second kappa shape index (κ2) is 32.3. The molecule has 1 saturated heterocycles. The fourth-order valence-corrected chi connectivity index (χ4v) is 10.8. The van der Waals surface area contributed by atoms with Crippen LogP contribution in [0.1, 0.15) is 86.0 Å². The van der Waals surface area contributed by atoms with E-state index in [2.05, 4.69) is 47.0 Å². The molecule has 0 radical (unpaired) electrons. The zero-order chi connectivity index (χ0) is 55.8. The lowest BCUT2D eigenvalue weighted by molar-refractivity contribution is -0.167. The number of piperidine rings is 1. The van der Waals surface area contributed by atoms with Crippen molar-refractivity contribution in [2.24, 2.45) is 11.8 Å². The third kappa shape index (κ3) is 18.0. The van der Waals surface area contributed by atoms with E-state index in [1.54, 1.807) is 52.6 Å². The van der Waals surface area contributed by atoms with Gasteiger partial charge >= 0.3 is 5.97 Å². The molecule has 2 N–H and O–H groups in total. The molecule has 7 rings (SSSR count). The molecule has 1 aliphatic heterocycles. The van der Waals surface area contributed by atoms with E-state index in [1.807, 2.05) is 55.5 Å². The molecule has 17 heteroatoms. The number of amides is 2. The van der Waals surface area contributed by atoms with E-state index in [9.17, 15) is 14.4 Å². The number of carbonyl (C=O) groups is 3. The van der Waals surface area contributed by atoms with E-state index < -0.39 is 18.1 Å². The van der Waals surface area contributed by atoms with E-state index in [4.69, 9.17) is 51.8 Å². The molecule has 5 atom stereocenters. The summed E-state index contributed by atoms with van der Waals surface area (Å²) < 4.78 is 64.1. The molecular formula is C62H83N3O14. The number of fused-ring (bicyclic) bond motifs is 1. The van der Waals surface area contributed by atoms with Crippen molar-refractivity contribution in [3.05, 3.63) is 125 Å². The van der Waals surface area contributed by atoms with Crippen LogP contribution in [-0.2, 0) is 66.9 Å². The molecule has 79 heavy (non-hydrogen) atoms. The summed E-state index contributed by atoms with van der Waals surface area (Å²) >= 11 is 0. The maximum atomic E-state index is 14.6. The quantitative estimate of drug-likeness (QED) is 0.0301. The smallest absolute Gasteiger partial charge is 0.329 e. The minimum Gasteiger partial charge on any atom is -0.493 e. The number of rotatable bonds is 33. The van der Waals surface area contributed by atoms with Gasteiger partial charge in [-0.1, -0.05) is 67.6 Å². The lowest BCUT2D eigenvalue weighted by atomic mass is 9.74. The van der Waals surface area contributed by atoms with Crippen molar-refractivity contribution in [2.45, 2.75) is 102 Å². The van der Waals surface area contributed by atoms with Crippen molar-refractivity contribution in [1.82, 2.24) is 15.5 Å². The summed E-state index contributed by atoms with van der Waals surface area (Å²) in [5, 5.41) is 7.36. The summed E-state index contributed by atoms with van der Waals surface area (Å²) in [4.78, 5) is 43.7. The SMILES string of the molecule is CC[C@H](C(=O)N1CCCC[C@H]1C(=O)O[C@H](CCc1ccc(OC)c(OC)c1)c1cccc(OCC(=O)NCCOCCOCCOCCNCc2ccc3cc(Cc4ccccc4)oc3c2)c1)C1CC(OC)C(OC)C(OC)C1. The molecule has 2 amide bonds. The van der Waals surface area contributed by atoms with Crippen molar-refractivity contribution < 1.29 is 66.2 Å². The van der Waals surface area contributed by atoms with Gasteiger partial charge in [0.2, 0.25) is 5.91 Å². The molecule has 1 aliphatic carbocycles. The van der Waals surface area contributed by atoms with Crippen LogP contribution in [0.3, 0.4) is 0 Å². The van der Waals surface area contributed by atoms with E-state index in [0.29, 0.717) is 127 Å². The lowest BCUT2D eigenvalue weighted by Gasteiger charge is -2.44. The van der Waals surface area contributed by atoms with Gasteiger partial charge < -0.3 is 67.3 Å². The van der Waals surface area contributed by atoms with E-state index in [0.717, 1.165) is 47.1 Å². The van der Waals surface area contributed by atoms with Gasteiger partial charge in [-0.25, -0.2) is 4.79 Å². The van der Waals surface area contributed by atoms with Gasteiger partial charge in [-0.05, 0) is 116 Å². The second-order valence-electron chi connectivity index (χ2n) is 20.2. The van der Waals surface area contributed by atoms with Crippen molar-refractivity contribution in [3.63, 3.8) is 0 Å². The van der Waals surface area contributed by atoms with Crippen LogP contribution in [0.4, 0.5) is 0 Å². The van der Waals surface area contributed by atoms with Crippen LogP contribution in [0.15, 0.2) is 101 Å². The fourth-order valence-electron chi connectivity index (χ4n) is 10.8. The Hall–Kier alpha value is -6.05. The van der Waals surface area contributed by atoms with Crippen LogP contribution in [0, 0.1) is 11.8 Å². The first-order valence-corrected chi connectivity index (χ1v) is 27.9. The molecule has 2 unspecified atom stereocenters. The second-order valence-corrected chi connectivity index (χ2v) is 20.2. The average Bonchev–Trinajstić information content (AvgIpc) is 3.93. The number of benzene rings is 4. The van der Waals surface area contributed by atoms with Crippen LogP contribution in [0.2, 0.25) is 0 Å². The number of esters is 1. The first-order chi connectivity index (χ1) is 38.6. The van der Waals surface area contributed by atoms with Gasteiger partial charge in [0.05, 0.1) is 66.1 Å². The van der Waals surface area contributed by atoms with E-state index in [-0.39, 0.29) is 48.6 Å². The average molecular weight is 1090 g/mol. The number of hydrogen-bond donors (Lipinski definition) is 2. The third-order valence-corrected chi connectivity index (χ3v) is 15.0. The number of aryl methyl sites for hydroxylation is 1. The van der Waals surface area contributed by atoms with E-state index >= 15 is 0 Å². The molecule has 1 saturated carbocycles. The van der Waals surface area contributed by atoms with Crippen molar-refractivity contribution >= 4 is 28.8 Å².